The highest BCUT2D eigenvalue weighted by atomic mass is 19.4. The summed E-state index contributed by atoms with van der Waals surface area (Å²) in [4.78, 5) is 0. The molecular formula is C21H22F5N3. The molecule has 1 aromatic carbocycles. The van der Waals surface area contributed by atoms with Crippen LogP contribution in [0.4, 0.5) is 27.6 Å². The number of benzene rings is 1. The first-order valence-electron chi connectivity index (χ1n) is 8.89. The van der Waals surface area contributed by atoms with Crippen LogP contribution in [0.1, 0.15) is 26.0 Å². The van der Waals surface area contributed by atoms with Crippen molar-refractivity contribution in [3.05, 3.63) is 71.5 Å². The number of alkyl halides is 3. The minimum absolute atomic E-state index is 0.0377. The molecule has 0 aliphatic rings. The third-order valence-electron chi connectivity index (χ3n) is 4.32. The van der Waals surface area contributed by atoms with Crippen LogP contribution in [0, 0.1) is 5.82 Å². The minimum atomic E-state index is -4.58. The number of nitrogens with one attached hydrogen (secondary N) is 1. The van der Waals surface area contributed by atoms with Gasteiger partial charge in [0, 0.05) is 24.7 Å². The van der Waals surface area contributed by atoms with Crippen LogP contribution in [0.2, 0.25) is 0 Å². The summed E-state index contributed by atoms with van der Waals surface area (Å²) in [6.07, 6.45) is -0.586. The van der Waals surface area contributed by atoms with Crippen molar-refractivity contribution in [2.24, 2.45) is 7.05 Å². The van der Waals surface area contributed by atoms with E-state index in [2.05, 4.69) is 17.0 Å². The maximum Gasteiger partial charge on any atom is 0.435 e. The average molecular weight is 411 g/mol. The maximum absolute atomic E-state index is 14.5. The first-order chi connectivity index (χ1) is 13.5. The number of halogens is 5. The SMILES string of the molecule is C=C(C=CC(CNc1ccc(-c2cc(C(F)(F)F)nn2C)cc1F)=C(C)F)CC. The van der Waals surface area contributed by atoms with Crippen LogP contribution in [0.5, 0.6) is 0 Å². The number of hydrogen-bond acceptors (Lipinski definition) is 2. The van der Waals surface area contributed by atoms with Gasteiger partial charge in [0.15, 0.2) is 5.69 Å². The van der Waals surface area contributed by atoms with Crippen molar-refractivity contribution in [3.63, 3.8) is 0 Å². The first-order valence-corrected chi connectivity index (χ1v) is 8.89. The lowest BCUT2D eigenvalue weighted by Gasteiger charge is -2.11. The molecule has 0 fully saturated rings. The van der Waals surface area contributed by atoms with Gasteiger partial charge in [0.25, 0.3) is 0 Å². The zero-order valence-electron chi connectivity index (χ0n) is 16.4. The molecule has 0 aliphatic carbocycles. The molecule has 0 radical (unpaired) electrons. The summed E-state index contributed by atoms with van der Waals surface area (Å²) in [6.45, 7) is 7.07. The molecule has 0 unspecified atom stereocenters. The van der Waals surface area contributed by atoms with Gasteiger partial charge in [0.1, 0.15) is 11.6 Å². The van der Waals surface area contributed by atoms with Gasteiger partial charge < -0.3 is 5.32 Å². The zero-order valence-corrected chi connectivity index (χ0v) is 16.4. The van der Waals surface area contributed by atoms with E-state index in [0.717, 1.165) is 28.8 Å². The fourth-order valence-corrected chi connectivity index (χ4v) is 2.52. The van der Waals surface area contributed by atoms with Crippen molar-refractivity contribution in [2.45, 2.75) is 26.4 Å². The van der Waals surface area contributed by atoms with Gasteiger partial charge in [-0.25, -0.2) is 8.78 Å². The van der Waals surface area contributed by atoms with Crippen molar-refractivity contribution in [1.29, 1.82) is 0 Å². The molecule has 3 nitrogen and oxygen atoms in total. The van der Waals surface area contributed by atoms with Gasteiger partial charge >= 0.3 is 6.18 Å². The third kappa shape index (κ3) is 5.79. The Hall–Kier alpha value is -2.90. The normalized spacial score (nSPS) is 13.0. The Morgan fingerprint density at radius 2 is 1.93 bits per heavy atom. The molecule has 2 rings (SSSR count). The monoisotopic (exact) mass is 411 g/mol. The van der Waals surface area contributed by atoms with Crippen LogP contribution in [0.3, 0.4) is 0 Å². The summed E-state index contributed by atoms with van der Waals surface area (Å²) in [5, 5.41) is 6.22. The van der Waals surface area contributed by atoms with E-state index in [4.69, 9.17) is 0 Å². The van der Waals surface area contributed by atoms with Gasteiger partial charge in [0.2, 0.25) is 0 Å². The number of aryl methyl sites for hydroxylation is 1. The molecule has 1 N–H and O–H groups in total. The zero-order chi connectivity index (χ0) is 21.8. The van der Waals surface area contributed by atoms with Crippen LogP contribution in [0.15, 0.2) is 60.0 Å². The predicted octanol–water partition coefficient (Wildman–Crippen LogP) is 6.42. The number of anilines is 1. The predicted molar refractivity (Wildman–Crippen MR) is 104 cm³/mol. The number of nitrogens with zero attached hydrogens (tertiary/aromatic N) is 2. The molecule has 0 saturated heterocycles. The topological polar surface area (TPSA) is 29.9 Å². The molecule has 0 amide bonds. The van der Waals surface area contributed by atoms with Crippen LogP contribution >= 0.6 is 0 Å². The maximum atomic E-state index is 14.5. The number of rotatable bonds is 7. The summed E-state index contributed by atoms with van der Waals surface area (Å²) in [7, 11) is 1.35. The van der Waals surface area contributed by atoms with Gasteiger partial charge in [-0.15, -0.1) is 0 Å². The number of hydrogen-bond donors (Lipinski definition) is 1. The molecule has 0 atom stereocenters. The first kappa shape index (κ1) is 22.4. The Labute approximate surface area is 166 Å². The average Bonchev–Trinajstić information content (AvgIpc) is 3.04. The molecule has 8 heteroatoms. The Bertz CT molecular complexity index is 948. The van der Waals surface area contributed by atoms with E-state index < -0.39 is 23.5 Å². The fourth-order valence-electron chi connectivity index (χ4n) is 2.52. The molecule has 29 heavy (non-hydrogen) atoms. The molecule has 1 aromatic heterocycles. The van der Waals surface area contributed by atoms with E-state index in [9.17, 15) is 22.0 Å². The highest BCUT2D eigenvalue weighted by Gasteiger charge is 2.34. The molecule has 156 valence electrons. The molecule has 1 heterocycles. The number of aromatic nitrogens is 2. The fraction of sp³-hybridized carbons (Fsp3) is 0.286. The second-order valence-corrected chi connectivity index (χ2v) is 6.49. The second kappa shape index (κ2) is 9.07. The minimum Gasteiger partial charge on any atom is -0.379 e. The summed E-state index contributed by atoms with van der Waals surface area (Å²) < 4.78 is 67.7. The summed E-state index contributed by atoms with van der Waals surface area (Å²) in [6, 6.07) is 4.84. The smallest absolute Gasteiger partial charge is 0.379 e. The Morgan fingerprint density at radius 3 is 2.45 bits per heavy atom. The van der Waals surface area contributed by atoms with Crippen molar-refractivity contribution in [3.8, 4) is 11.3 Å². The highest BCUT2D eigenvalue weighted by molar-refractivity contribution is 5.64. The van der Waals surface area contributed by atoms with Gasteiger partial charge in [-0.05, 0) is 31.5 Å². The highest BCUT2D eigenvalue weighted by Crippen LogP contribution is 2.32. The largest absolute Gasteiger partial charge is 0.435 e. The number of allylic oxidation sites excluding steroid dienone is 3. The molecule has 0 saturated carbocycles. The van der Waals surface area contributed by atoms with E-state index in [1.165, 1.54) is 26.1 Å². The van der Waals surface area contributed by atoms with E-state index in [-0.39, 0.29) is 23.5 Å². The summed E-state index contributed by atoms with van der Waals surface area (Å²) >= 11 is 0. The van der Waals surface area contributed by atoms with Gasteiger partial charge in [-0.1, -0.05) is 37.3 Å². The quantitative estimate of drug-likeness (QED) is 0.421. The van der Waals surface area contributed by atoms with Crippen molar-refractivity contribution >= 4 is 5.69 Å². The van der Waals surface area contributed by atoms with E-state index in [1.807, 2.05) is 6.92 Å². The standard InChI is InChI=1S/C21H22F5N3/c1-5-13(2)6-7-16(14(3)22)12-27-18-9-8-15(10-17(18)23)19-11-20(21(24,25)26)28-29(19)4/h6-11,27H,2,5,12H2,1,3-4H3. The molecule has 2 aromatic rings. The van der Waals surface area contributed by atoms with Crippen molar-refractivity contribution < 1.29 is 22.0 Å². The van der Waals surface area contributed by atoms with Crippen LogP contribution < -0.4 is 5.32 Å². The Balaban J connectivity index is 2.20. The van der Waals surface area contributed by atoms with E-state index in [1.54, 1.807) is 12.2 Å². The van der Waals surface area contributed by atoms with E-state index >= 15 is 0 Å². The van der Waals surface area contributed by atoms with Crippen LogP contribution in [-0.4, -0.2) is 16.3 Å². The molecule has 0 aliphatic heterocycles. The summed E-state index contributed by atoms with van der Waals surface area (Å²) in [5.74, 6) is -1.08. The van der Waals surface area contributed by atoms with Gasteiger partial charge in [0.05, 0.1) is 11.4 Å². The lowest BCUT2D eigenvalue weighted by atomic mass is 10.1. The lowest BCUT2D eigenvalue weighted by molar-refractivity contribution is -0.141. The molecular weight excluding hydrogens is 389 g/mol. The van der Waals surface area contributed by atoms with Crippen LogP contribution in [-0.2, 0) is 13.2 Å². The molecule has 0 spiro atoms. The lowest BCUT2D eigenvalue weighted by Crippen LogP contribution is -2.06. The van der Waals surface area contributed by atoms with Crippen molar-refractivity contribution in [2.75, 3.05) is 11.9 Å². The Morgan fingerprint density at radius 1 is 1.24 bits per heavy atom. The third-order valence-corrected chi connectivity index (χ3v) is 4.32. The van der Waals surface area contributed by atoms with Gasteiger partial charge in [-0.3, -0.25) is 4.68 Å². The van der Waals surface area contributed by atoms with Crippen molar-refractivity contribution in [1.82, 2.24) is 9.78 Å². The van der Waals surface area contributed by atoms with Crippen LogP contribution in [0.25, 0.3) is 11.3 Å². The molecule has 0 bridgehead atoms. The Kier molecular flexibility index (Phi) is 7.00. The second-order valence-electron chi connectivity index (χ2n) is 6.49. The van der Waals surface area contributed by atoms with Gasteiger partial charge in [-0.2, -0.15) is 18.3 Å². The summed E-state index contributed by atoms with van der Waals surface area (Å²) in [5.41, 5.74) is 0.594. The van der Waals surface area contributed by atoms with E-state index in [0.29, 0.717) is 5.57 Å².